The highest BCUT2D eigenvalue weighted by Gasteiger charge is 2.31. The summed E-state index contributed by atoms with van der Waals surface area (Å²) >= 11 is 0. The normalized spacial score (nSPS) is 13.8. The lowest BCUT2D eigenvalue weighted by Crippen LogP contribution is -2.50. The molecule has 4 aromatic rings. The fraction of sp³-hybridized carbons (Fsp3) is 0.233. The summed E-state index contributed by atoms with van der Waals surface area (Å²) in [6.07, 6.45) is -2.78. The van der Waals surface area contributed by atoms with E-state index in [-0.39, 0.29) is 30.2 Å². The summed E-state index contributed by atoms with van der Waals surface area (Å²) in [5, 5.41) is 9.97. The number of amides is 3. The molecule has 0 saturated heterocycles. The van der Waals surface area contributed by atoms with Crippen LogP contribution in [0.2, 0.25) is 0 Å². The summed E-state index contributed by atoms with van der Waals surface area (Å²) in [6.45, 7) is 3.63. The van der Waals surface area contributed by atoms with Crippen molar-refractivity contribution in [3.8, 4) is 28.6 Å². The maximum Gasteiger partial charge on any atom is 0.573 e. The maximum absolute atomic E-state index is 12.8. The molecule has 0 radical (unpaired) electrons. The third kappa shape index (κ3) is 7.14. The van der Waals surface area contributed by atoms with Crippen LogP contribution in [0.15, 0.2) is 78.0 Å². The van der Waals surface area contributed by atoms with Gasteiger partial charge in [-0.3, -0.25) is 10.1 Å². The monoisotopic (exact) mass is 607 g/mol. The zero-order valence-electron chi connectivity index (χ0n) is 23.9. The van der Waals surface area contributed by atoms with Gasteiger partial charge in [0, 0.05) is 11.6 Å². The van der Waals surface area contributed by atoms with Crippen LogP contribution in [0, 0.1) is 6.92 Å². The minimum absolute atomic E-state index is 0.0702. The number of aromatic nitrogens is 3. The number of urea groups is 1. The number of rotatable bonds is 8. The number of ether oxygens (including phenoxy) is 2. The number of carbonyl (C=O) groups is 2. The molecule has 1 aliphatic rings. The molecule has 14 heteroatoms. The van der Waals surface area contributed by atoms with Gasteiger partial charge in [0.15, 0.2) is 5.82 Å². The SMILES string of the molecule is COc1ccc(N2C(=O)CN=C2NC(=O)NC(C)Cc2ccc(-c3ncn(-c4ccc(OC(F)(F)F)cc4)n3)cc2)c(C)c1. The summed E-state index contributed by atoms with van der Waals surface area (Å²) in [5.41, 5.74) is 3.60. The van der Waals surface area contributed by atoms with Crippen LogP contribution in [0.5, 0.6) is 11.5 Å². The molecule has 1 atom stereocenters. The van der Waals surface area contributed by atoms with Crippen LogP contribution in [-0.2, 0) is 11.2 Å². The number of methoxy groups -OCH3 is 1. The summed E-state index contributed by atoms with van der Waals surface area (Å²) < 4.78 is 47.8. The molecule has 3 aromatic carbocycles. The van der Waals surface area contributed by atoms with Gasteiger partial charge in [-0.1, -0.05) is 24.3 Å². The van der Waals surface area contributed by atoms with Gasteiger partial charge < -0.3 is 14.8 Å². The molecule has 0 fully saturated rings. The summed E-state index contributed by atoms with van der Waals surface area (Å²) in [7, 11) is 1.56. The Kier molecular flexibility index (Phi) is 8.51. The van der Waals surface area contributed by atoms with Crippen molar-refractivity contribution in [3.63, 3.8) is 0 Å². The van der Waals surface area contributed by atoms with Crippen LogP contribution in [0.4, 0.5) is 23.7 Å². The number of anilines is 1. The van der Waals surface area contributed by atoms with E-state index in [9.17, 15) is 22.8 Å². The number of carbonyl (C=O) groups excluding carboxylic acids is 2. The second kappa shape index (κ2) is 12.5. The molecule has 2 heterocycles. The molecule has 0 bridgehead atoms. The molecule has 44 heavy (non-hydrogen) atoms. The number of hydrogen-bond acceptors (Lipinski definition) is 7. The van der Waals surface area contributed by atoms with Gasteiger partial charge in [0.25, 0.3) is 5.91 Å². The molecule has 228 valence electrons. The van der Waals surface area contributed by atoms with Crippen LogP contribution in [0.25, 0.3) is 17.1 Å². The summed E-state index contributed by atoms with van der Waals surface area (Å²) in [6, 6.07) is 17.3. The number of guanidine groups is 1. The van der Waals surface area contributed by atoms with E-state index in [2.05, 4.69) is 30.4 Å². The Bertz CT molecular complexity index is 1690. The van der Waals surface area contributed by atoms with Crippen LogP contribution in [0.3, 0.4) is 0 Å². The van der Waals surface area contributed by atoms with Gasteiger partial charge >= 0.3 is 12.4 Å². The zero-order valence-corrected chi connectivity index (χ0v) is 23.9. The highest BCUT2D eigenvalue weighted by atomic mass is 19.4. The Morgan fingerprint density at radius 1 is 1.05 bits per heavy atom. The Hall–Kier alpha value is -5.40. The van der Waals surface area contributed by atoms with Crippen molar-refractivity contribution >= 4 is 23.6 Å². The molecule has 2 N–H and O–H groups in total. The lowest BCUT2D eigenvalue weighted by molar-refractivity contribution is -0.274. The predicted molar refractivity (Wildman–Crippen MR) is 156 cm³/mol. The summed E-state index contributed by atoms with van der Waals surface area (Å²) in [4.78, 5) is 35.2. The molecule has 0 spiro atoms. The van der Waals surface area contributed by atoms with Crippen molar-refractivity contribution in [3.05, 3.63) is 84.2 Å². The Labute approximate surface area is 250 Å². The molecule has 3 amide bonds. The smallest absolute Gasteiger partial charge is 0.497 e. The number of alkyl halides is 3. The zero-order chi connectivity index (χ0) is 31.4. The Morgan fingerprint density at radius 2 is 1.75 bits per heavy atom. The van der Waals surface area contributed by atoms with Gasteiger partial charge in [0.1, 0.15) is 24.4 Å². The van der Waals surface area contributed by atoms with E-state index < -0.39 is 12.4 Å². The van der Waals surface area contributed by atoms with Crippen molar-refractivity contribution < 1.29 is 32.2 Å². The standard InChI is InChI=1S/C30H28F3N7O4/c1-18-14-24(43-3)12-13-25(18)40-26(41)16-34-28(40)37-29(42)36-19(2)15-20-4-6-21(7-5-20)27-35-17-39(38-27)22-8-10-23(11-9-22)44-30(31,32)33/h4-14,17,19H,15-16H2,1-3H3,(H2,34,36,37,42). The number of hydrogen-bond donors (Lipinski definition) is 2. The van der Waals surface area contributed by atoms with E-state index >= 15 is 0 Å². The fourth-order valence-electron chi connectivity index (χ4n) is 4.63. The number of benzene rings is 3. The second-order valence-corrected chi connectivity index (χ2v) is 9.98. The Balaban J connectivity index is 1.16. The van der Waals surface area contributed by atoms with E-state index in [0.717, 1.165) is 16.7 Å². The Morgan fingerprint density at radius 3 is 2.41 bits per heavy atom. The molecule has 1 unspecified atom stereocenters. The van der Waals surface area contributed by atoms with Gasteiger partial charge in [-0.2, -0.15) is 0 Å². The first-order chi connectivity index (χ1) is 21.0. The third-order valence-corrected chi connectivity index (χ3v) is 6.65. The number of aryl methyl sites for hydroxylation is 1. The topological polar surface area (TPSA) is 123 Å². The van der Waals surface area contributed by atoms with Crippen molar-refractivity contribution in [2.45, 2.75) is 32.7 Å². The minimum atomic E-state index is -4.76. The number of nitrogens with zero attached hydrogens (tertiary/aromatic N) is 5. The van der Waals surface area contributed by atoms with E-state index in [1.165, 1.54) is 40.2 Å². The van der Waals surface area contributed by atoms with Crippen molar-refractivity contribution in [1.29, 1.82) is 0 Å². The number of aliphatic imine (C=N–C) groups is 1. The molecule has 5 rings (SSSR count). The van der Waals surface area contributed by atoms with E-state index in [0.29, 0.717) is 29.4 Å². The maximum atomic E-state index is 12.8. The molecular weight excluding hydrogens is 579 g/mol. The van der Waals surface area contributed by atoms with Crippen LogP contribution < -0.4 is 25.0 Å². The third-order valence-electron chi connectivity index (χ3n) is 6.65. The lowest BCUT2D eigenvalue weighted by atomic mass is 10.1. The quantitative estimate of drug-likeness (QED) is 0.297. The van der Waals surface area contributed by atoms with E-state index in [4.69, 9.17) is 4.74 Å². The van der Waals surface area contributed by atoms with Crippen molar-refractivity contribution in [1.82, 2.24) is 25.4 Å². The molecular formula is C30H28F3N7O4. The van der Waals surface area contributed by atoms with Crippen LogP contribution in [0.1, 0.15) is 18.1 Å². The molecule has 11 nitrogen and oxygen atoms in total. The second-order valence-electron chi connectivity index (χ2n) is 9.98. The highest BCUT2D eigenvalue weighted by Crippen LogP contribution is 2.27. The number of nitrogens with one attached hydrogen (secondary N) is 2. The molecule has 0 saturated carbocycles. The highest BCUT2D eigenvalue weighted by molar-refractivity contribution is 6.23. The van der Waals surface area contributed by atoms with Gasteiger partial charge in [-0.25, -0.2) is 24.4 Å². The first kappa shape index (κ1) is 30.1. The lowest BCUT2D eigenvalue weighted by Gasteiger charge is -2.22. The average molecular weight is 608 g/mol. The van der Waals surface area contributed by atoms with Crippen LogP contribution in [-0.4, -0.2) is 58.7 Å². The first-order valence-corrected chi connectivity index (χ1v) is 13.5. The van der Waals surface area contributed by atoms with Crippen molar-refractivity contribution in [2.75, 3.05) is 18.6 Å². The molecule has 1 aromatic heterocycles. The average Bonchev–Trinajstić information content (AvgIpc) is 3.60. The van der Waals surface area contributed by atoms with Crippen LogP contribution >= 0.6 is 0 Å². The van der Waals surface area contributed by atoms with Gasteiger partial charge in [0.2, 0.25) is 5.96 Å². The van der Waals surface area contributed by atoms with Gasteiger partial charge in [-0.15, -0.1) is 18.3 Å². The summed E-state index contributed by atoms with van der Waals surface area (Å²) in [5.74, 6) is 0.652. The van der Waals surface area contributed by atoms with Gasteiger partial charge in [0.05, 0.1) is 18.5 Å². The minimum Gasteiger partial charge on any atom is -0.497 e. The predicted octanol–water partition coefficient (Wildman–Crippen LogP) is 4.78. The fourth-order valence-corrected chi connectivity index (χ4v) is 4.63. The van der Waals surface area contributed by atoms with Crippen molar-refractivity contribution in [2.24, 2.45) is 4.99 Å². The number of halogens is 3. The largest absolute Gasteiger partial charge is 0.573 e. The molecule has 0 aliphatic carbocycles. The first-order valence-electron chi connectivity index (χ1n) is 13.5. The van der Waals surface area contributed by atoms with Gasteiger partial charge in [-0.05, 0) is 73.9 Å². The van der Waals surface area contributed by atoms with E-state index in [1.54, 1.807) is 25.3 Å². The molecule has 1 aliphatic heterocycles. The van der Waals surface area contributed by atoms with E-state index in [1.807, 2.05) is 38.1 Å².